The van der Waals surface area contributed by atoms with E-state index in [1.165, 1.54) is 4.68 Å². The van der Waals surface area contributed by atoms with E-state index in [4.69, 9.17) is 5.73 Å². The number of anilines is 1. The van der Waals surface area contributed by atoms with E-state index in [0.29, 0.717) is 11.4 Å². The van der Waals surface area contributed by atoms with Crippen molar-refractivity contribution in [2.24, 2.45) is 5.10 Å². The summed E-state index contributed by atoms with van der Waals surface area (Å²) < 4.78 is 6.91. The number of rotatable bonds is 5. The molecule has 27 heavy (non-hydrogen) atoms. The second-order valence-corrected chi connectivity index (χ2v) is 6.92. The molecule has 3 aromatic rings. The van der Waals surface area contributed by atoms with Crippen LogP contribution >= 0.6 is 15.9 Å². The number of nitrogens with one attached hydrogen (secondary N) is 1. The Hall–Kier alpha value is -3.08. The predicted octanol–water partition coefficient (Wildman–Crippen LogP) is 2.27. The SMILES string of the molecule is CC(=NNC(=O)c1nnn(-c2nonc2N)c1C(C)C)c1ccc(Br)cc1. The van der Waals surface area contributed by atoms with Crippen LogP contribution < -0.4 is 11.2 Å². The highest BCUT2D eigenvalue weighted by molar-refractivity contribution is 9.10. The molecule has 0 aliphatic heterocycles. The van der Waals surface area contributed by atoms with Crippen LogP contribution in [0.4, 0.5) is 5.82 Å². The molecule has 1 aromatic carbocycles. The molecule has 3 N–H and O–H groups in total. The smallest absolute Gasteiger partial charge is 0.293 e. The van der Waals surface area contributed by atoms with E-state index in [1.54, 1.807) is 6.92 Å². The van der Waals surface area contributed by atoms with Crippen LogP contribution in [0.3, 0.4) is 0 Å². The summed E-state index contributed by atoms with van der Waals surface area (Å²) in [7, 11) is 0. The molecule has 1 amide bonds. The quantitative estimate of drug-likeness (QED) is 0.465. The van der Waals surface area contributed by atoms with Crippen molar-refractivity contribution >= 4 is 33.4 Å². The van der Waals surface area contributed by atoms with Crippen LogP contribution in [0.15, 0.2) is 38.5 Å². The highest BCUT2D eigenvalue weighted by atomic mass is 79.9. The number of carbonyl (C=O) groups excluding carboxylic acids is 1. The lowest BCUT2D eigenvalue weighted by atomic mass is 10.1. The van der Waals surface area contributed by atoms with Crippen molar-refractivity contribution < 1.29 is 9.42 Å². The maximum Gasteiger partial charge on any atom is 0.293 e. The predicted molar refractivity (Wildman–Crippen MR) is 102 cm³/mol. The van der Waals surface area contributed by atoms with Crippen LogP contribution in [-0.2, 0) is 0 Å². The minimum atomic E-state index is -0.489. The molecular formula is C16H17BrN8O2. The third-order valence-electron chi connectivity index (χ3n) is 3.75. The highest BCUT2D eigenvalue weighted by Gasteiger charge is 2.25. The molecule has 0 bridgehead atoms. The van der Waals surface area contributed by atoms with Crippen LogP contribution in [0.2, 0.25) is 0 Å². The van der Waals surface area contributed by atoms with Gasteiger partial charge in [-0.3, -0.25) is 4.79 Å². The average Bonchev–Trinajstić information content (AvgIpc) is 3.25. The lowest BCUT2D eigenvalue weighted by Crippen LogP contribution is -2.22. The number of nitrogen functional groups attached to an aromatic ring is 1. The van der Waals surface area contributed by atoms with E-state index in [-0.39, 0.29) is 23.2 Å². The fraction of sp³-hybridized carbons (Fsp3) is 0.250. The fourth-order valence-corrected chi connectivity index (χ4v) is 2.67. The molecule has 0 atom stereocenters. The van der Waals surface area contributed by atoms with E-state index in [9.17, 15) is 4.79 Å². The van der Waals surface area contributed by atoms with Crippen LogP contribution in [0.5, 0.6) is 0 Å². The summed E-state index contributed by atoms with van der Waals surface area (Å²) in [6.07, 6.45) is 0. The van der Waals surface area contributed by atoms with Gasteiger partial charge in [-0.25, -0.2) is 10.1 Å². The van der Waals surface area contributed by atoms with Gasteiger partial charge >= 0.3 is 0 Å². The summed E-state index contributed by atoms with van der Waals surface area (Å²) in [5.74, 6) is -0.345. The number of halogens is 1. The van der Waals surface area contributed by atoms with Crippen LogP contribution in [0.25, 0.3) is 5.82 Å². The van der Waals surface area contributed by atoms with Gasteiger partial charge in [0.1, 0.15) is 0 Å². The van der Waals surface area contributed by atoms with Crippen molar-refractivity contribution in [2.75, 3.05) is 5.73 Å². The van der Waals surface area contributed by atoms with Gasteiger partial charge in [0.05, 0.1) is 11.4 Å². The average molecular weight is 433 g/mol. The van der Waals surface area contributed by atoms with Crippen LogP contribution in [-0.4, -0.2) is 36.9 Å². The summed E-state index contributed by atoms with van der Waals surface area (Å²) in [5.41, 5.74) is 10.4. The topological polar surface area (TPSA) is 137 Å². The molecule has 0 spiro atoms. The molecule has 2 aromatic heterocycles. The highest BCUT2D eigenvalue weighted by Crippen LogP contribution is 2.22. The van der Waals surface area contributed by atoms with Gasteiger partial charge in [0.15, 0.2) is 5.69 Å². The Labute approximate surface area is 162 Å². The number of nitrogens with two attached hydrogens (primary N) is 1. The number of hydrogen-bond acceptors (Lipinski definition) is 8. The molecule has 0 saturated carbocycles. The summed E-state index contributed by atoms with van der Waals surface area (Å²) >= 11 is 3.38. The van der Waals surface area contributed by atoms with Crippen molar-refractivity contribution in [3.05, 3.63) is 45.7 Å². The maximum absolute atomic E-state index is 12.6. The Bertz CT molecular complexity index is 990. The Morgan fingerprint density at radius 1 is 1.30 bits per heavy atom. The normalized spacial score (nSPS) is 11.8. The number of hydrogen-bond donors (Lipinski definition) is 2. The van der Waals surface area contributed by atoms with Gasteiger partial charge < -0.3 is 5.73 Å². The fourth-order valence-electron chi connectivity index (χ4n) is 2.41. The van der Waals surface area contributed by atoms with Gasteiger partial charge in [-0.1, -0.05) is 47.1 Å². The minimum Gasteiger partial charge on any atom is -0.378 e. The molecule has 3 rings (SSSR count). The van der Waals surface area contributed by atoms with Gasteiger partial charge in [0, 0.05) is 4.47 Å². The monoisotopic (exact) mass is 432 g/mol. The van der Waals surface area contributed by atoms with E-state index in [0.717, 1.165) is 10.0 Å². The molecule has 140 valence electrons. The summed E-state index contributed by atoms with van der Waals surface area (Å²) in [6.45, 7) is 5.59. The third kappa shape index (κ3) is 3.87. The zero-order valence-corrected chi connectivity index (χ0v) is 16.4. The van der Waals surface area contributed by atoms with Gasteiger partial charge in [0.25, 0.3) is 5.91 Å². The minimum absolute atomic E-state index is 0.0536. The summed E-state index contributed by atoms with van der Waals surface area (Å²) in [5, 5.41) is 19.3. The molecule has 0 aliphatic rings. The number of hydrazone groups is 1. The lowest BCUT2D eigenvalue weighted by molar-refractivity contribution is 0.0948. The van der Waals surface area contributed by atoms with Gasteiger partial charge in [-0.05, 0) is 40.9 Å². The van der Waals surface area contributed by atoms with E-state index >= 15 is 0 Å². The second kappa shape index (κ2) is 7.66. The van der Waals surface area contributed by atoms with Crippen molar-refractivity contribution in [3.8, 4) is 5.82 Å². The molecular weight excluding hydrogens is 416 g/mol. The molecule has 2 heterocycles. The number of nitrogens with zero attached hydrogens (tertiary/aromatic N) is 6. The lowest BCUT2D eigenvalue weighted by Gasteiger charge is -2.08. The molecule has 0 unspecified atom stereocenters. The Morgan fingerprint density at radius 2 is 2.00 bits per heavy atom. The maximum atomic E-state index is 12.6. The summed E-state index contributed by atoms with van der Waals surface area (Å²) in [6, 6.07) is 7.58. The Balaban J connectivity index is 1.87. The molecule has 11 heteroatoms. The first-order valence-electron chi connectivity index (χ1n) is 8.03. The molecule has 0 fully saturated rings. The first-order chi connectivity index (χ1) is 12.9. The second-order valence-electron chi connectivity index (χ2n) is 6.01. The number of benzene rings is 1. The van der Waals surface area contributed by atoms with Gasteiger partial charge in [-0.15, -0.1) is 5.10 Å². The molecule has 0 saturated heterocycles. The van der Waals surface area contributed by atoms with Crippen LogP contribution in [0.1, 0.15) is 48.4 Å². The van der Waals surface area contributed by atoms with E-state index < -0.39 is 5.91 Å². The van der Waals surface area contributed by atoms with E-state index in [2.05, 4.69) is 51.7 Å². The van der Waals surface area contributed by atoms with Crippen molar-refractivity contribution in [2.45, 2.75) is 26.7 Å². The first kappa shape index (κ1) is 18.7. The number of carbonyl (C=O) groups is 1. The number of aromatic nitrogens is 5. The van der Waals surface area contributed by atoms with Gasteiger partial charge in [-0.2, -0.15) is 9.78 Å². The standard InChI is InChI=1S/C16H17BrN8O2/c1-8(2)13-12(20-24-25(13)15-14(18)22-27-23-15)16(26)21-19-9(3)10-4-6-11(17)7-5-10/h4-8H,1-3H3,(H2,18,22)(H,21,26). The first-order valence-corrected chi connectivity index (χ1v) is 8.82. The Kier molecular flexibility index (Phi) is 5.31. The van der Waals surface area contributed by atoms with E-state index in [1.807, 2.05) is 38.1 Å². The molecule has 0 aliphatic carbocycles. The van der Waals surface area contributed by atoms with Crippen molar-refractivity contribution in [3.63, 3.8) is 0 Å². The van der Waals surface area contributed by atoms with Gasteiger partial charge in [0.2, 0.25) is 11.6 Å². The number of amides is 1. The Morgan fingerprint density at radius 3 is 2.59 bits per heavy atom. The molecule has 10 nitrogen and oxygen atoms in total. The van der Waals surface area contributed by atoms with Crippen LogP contribution in [0, 0.1) is 0 Å². The van der Waals surface area contributed by atoms with Crippen molar-refractivity contribution in [1.82, 2.24) is 30.7 Å². The molecule has 0 radical (unpaired) electrons. The zero-order chi connectivity index (χ0) is 19.6. The van der Waals surface area contributed by atoms with Crippen molar-refractivity contribution in [1.29, 1.82) is 0 Å². The largest absolute Gasteiger partial charge is 0.378 e. The summed E-state index contributed by atoms with van der Waals surface area (Å²) in [4.78, 5) is 12.6. The zero-order valence-electron chi connectivity index (χ0n) is 14.8. The third-order valence-corrected chi connectivity index (χ3v) is 4.28.